The van der Waals surface area contributed by atoms with Gasteiger partial charge >= 0.3 is 0 Å². The molecule has 0 fully saturated rings. The van der Waals surface area contributed by atoms with E-state index in [1.165, 1.54) is 12.1 Å². The predicted molar refractivity (Wildman–Crippen MR) is 51.9 cm³/mol. The second-order valence-electron chi connectivity index (χ2n) is 3.28. The first-order chi connectivity index (χ1) is 6.70. The topological polar surface area (TPSA) is 29.4 Å². The van der Waals surface area contributed by atoms with Crippen molar-refractivity contribution in [2.45, 2.75) is 19.8 Å². The maximum atomic E-state index is 12.9. The van der Waals surface area contributed by atoms with Gasteiger partial charge in [0, 0.05) is 0 Å². The molecule has 0 aliphatic carbocycles. The van der Waals surface area contributed by atoms with E-state index >= 15 is 0 Å². The summed E-state index contributed by atoms with van der Waals surface area (Å²) in [4.78, 5) is 15.1. The van der Waals surface area contributed by atoms with Crippen LogP contribution in [0.4, 0.5) is 4.39 Å². The zero-order chi connectivity index (χ0) is 10.1. The van der Waals surface area contributed by atoms with Gasteiger partial charge in [0.2, 0.25) is 5.91 Å². The molecular formula is C11H10FNO. The molecule has 1 aromatic carbocycles. The van der Waals surface area contributed by atoms with Crippen molar-refractivity contribution in [2.24, 2.45) is 4.99 Å². The van der Waals surface area contributed by atoms with Crippen molar-refractivity contribution in [3.8, 4) is 0 Å². The van der Waals surface area contributed by atoms with Crippen LogP contribution in [0.3, 0.4) is 0 Å². The van der Waals surface area contributed by atoms with Crippen molar-refractivity contribution in [1.82, 2.24) is 0 Å². The van der Waals surface area contributed by atoms with Gasteiger partial charge in [-0.05, 0) is 35.7 Å². The average Bonchev–Trinajstić information content (AvgIpc) is 2.15. The van der Waals surface area contributed by atoms with E-state index in [-0.39, 0.29) is 18.1 Å². The summed E-state index contributed by atoms with van der Waals surface area (Å²) in [6, 6.07) is 4.51. The zero-order valence-electron chi connectivity index (χ0n) is 7.88. The highest BCUT2D eigenvalue weighted by Crippen LogP contribution is 2.19. The molecule has 2 nitrogen and oxygen atoms in total. The molecule has 1 aliphatic heterocycles. The standard InChI is InChI=1S/C11H10FNO/c1-2-10-9-4-3-8(12)5-7(9)6-11(14)13-10/h3-5H,2,6H2,1H3. The molecule has 0 saturated heterocycles. The molecule has 0 spiro atoms. The molecule has 0 bridgehead atoms. The monoisotopic (exact) mass is 191 g/mol. The minimum absolute atomic E-state index is 0.181. The Morgan fingerprint density at radius 3 is 3.00 bits per heavy atom. The number of halogens is 1. The van der Waals surface area contributed by atoms with Gasteiger partial charge in [-0.1, -0.05) is 6.92 Å². The lowest BCUT2D eigenvalue weighted by atomic mass is 9.96. The summed E-state index contributed by atoms with van der Waals surface area (Å²) in [5.74, 6) is -0.478. The molecule has 0 atom stereocenters. The average molecular weight is 191 g/mol. The number of aliphatic imine (C=N–C) groups is 1. The predicted octanol–water partition coefficient (Wildman–Crippen LogP) is 2.11. The summed E-state index contributed by atoms with van der Waals surface area (Å²) in [5.41, 5.74) is 2.42. The van der Waals surface area contributed by atoms with E-state index in [0.717, 1.165) is 16.8 Å². The highest BCUT2D eigenvalue weighted by molar-refractivity contribution is 6.10. The van der Waals surface area contributed by atoms with Crippen LogP contribution in [0, 0.1) is 5.82 Å². The third-order valence-electron chi connectivity index (χ3n) is 2.31. The van der Waals surface area contributed by atoms with Crippen LogP contribution in [0.5, 0.6) is 0 Å². The second kappa shape index (κ2) is 3.33. The van der Waals surface area contributed by atoms with Crippen LogP contribution < -0.4 is 0 Å². The summed E-state index contributed by atoms with van der Waals surface area (Å²) >= 11 is 0. The summed E-state index contributed by atoms with van der Waals surface area (Å²) in [6.07, 6.45) is 0.918. The maximum absolute atomic E-state index is 12.9. The number of benzene rings is 1. The third-order valence-corrected chi connectivity index (χ3v) is 2.31. The summed E-state index contributed by atoms with van der Waals surface area (Å²) in [7, 11) is 0. The van der Waals surface area contributed by atoms with Crippen molar-refractivity contribution >= 4 is 11.6 Å². The Labute approximate surface area is 81.5 Å². The summed E-state index contributed by atoms with van der Waals surface area (Å²) < 4.78 is 12.9. The number of fused-ring (bicyclic) bond motifs is 1. The van der Waals surface area contributed by atoms with Crippen molar-refractivity contribution in [3.63, 3.8) is 0 Å². The fraction of sp³-hybridized carbons (Fsp3) is 0.273. The Balaban J connectivity index is 2.56. The lowest BCUT2D eigenvalue weighted by Crippen LogP contribution is -2.16. The van der Waals surface area contributed by atoms with Crippen LogP contribution in [-0.2, 0) is 11.2 Å². The van der Waals surface area contributed by atoms with Crippen molar-refractivity contribution in [1.29, 1.82) is 0 Å². The number of carbonyl (C=O) groups excluding carboxylic acids is 1. The minimum atomic E-state index is -0.297. The van der Waals surface area contributed by atoms with E-state index in [4.69, 9.17) is 0 Å². The van der Waals surface area contributed by atoms with Crippen LogP contribution >= 0.6 is 0 Å². The molecule has 14 heavy (non-hydrogen) atoms. The zero-order valence-corrected chi connectivity index (χ0v) is 7.88. The third kappa shape index (κ3) is 1.45. The number of hydrogen-bond donors (Lipinski definition) is 0. The van der Waals surface area contributed by atoms with Gasteiger partial charge in [0.1, 0.15) is 5.82 Å². The molecule has 0 saturated carbocycles. The Kier molecular flexibility index (Phi) is 2.15. The Bertz CT molecular complexity index is 423. The largest absolute Gasteiger partial charge is 0.272 e. The highest BCUT2D eigenvalue weighted by atomic mass is 19.1. The number of carbonyl (C=O) groups is 1. The smallest absolute Gasteiger partial charge is 0.250 e. The Morgan fingerprint density at radius 2 is 2.29 bits per heavy atom. The minimum Gasteiger partial charge on any atom is -0.272 e. The lowest BCUT2D eigenvalue weighted by Gasteiger charge is -2.14. The van der Waals surface area contributed by atoms with E-state index in [1.54, 1.807) is 6.07 Å². The maximum Gasteiger partial charge on any atom is 0.250 e. The van der Waals surface area contributed by atoms with Gasteiger partial charge in [0.25, 0.3) is 0 Å². The quantitative estimate of drug-likeness (QED) is 0.668. The van der Waals surface area contributed by atoms with E-state index < -0.39 is 0 Å². The molecule has 0 aromatic heterocycles. The van der Waals surface area contributed by atoms with Gasteiger partial charge < -0.3 is 0 Å². The van der Waals surface area contributed by atoms with Gasteiger partial charge in [-0.2, -0.15) is 0 Å². The van der Waals surface area contributed by atoms with Gasteiger partial charge in [-0.3, -0.25) is 4.79 Å². The summed E-state index contributed by atoms with van der Waals surface area (Å²) in [6.45, 7) is 1.94. The lowest BCUT2D eigenvalue weighted by molar-refractivity contribution is -0.117. The van der Waals surface area contributed by atoms with Crippen molar-refractivity contribution in [2.75, 3.05) is 0 Å². The van der Waals surface area contributed by atoms with Crippen molar-refractivity contribution < 1.29 is 9.18 Å². The molecule has 2 rings (SSSR count). The van der Waals surface area contributed by atoms with E-state index in [1.807, 2.05) is 6.92 Å². The normalized spacial score (nSPS) is 15.0. The highest BCUT2D eigenvalue weighted by Gasteiger charge is 2.17. The Morgan fingerprint density at radius 1 is 1.50 bits per heavy atom. The van der Waals surface area contributed by atoms with Gasteiger partial charge in [-0.15, -0.1) is 0 Å². The van der Waals surface area contributed by atoms with E-state index in [2.05, 4.69) is 4.99 Å². The number of rotatable bonds is 1. The molecule has 1 heterocycles. The number of hydrogen-bond acceptors (Lipinski definition) is 1. The molecule has 3 heteroatoms. The molecular weight excluding hydrogens is 181 g/mol. The first-order valence-electron chi connectivity index (χ1n) is 4.60. The van der Waals surface area contributed by atoms with Crippen LogP contribution in [0.25, 0.3) is 0 Å². The van der Waals surface area contributed by atoms with Gasteiger partial charge in [0.15, 0.2) is 0 Å². The molecule has 72 valence electrons. The molecule has 1 aromatic rings. The van der Waals surface area contributed by atoms with Gasteiger partial charge in [-0.25, -0.2) is 9.38 Å². The van der Waals surface area contributed by atoms with E-state index in [9.17, 15) is 9.18 Å². The Hall–Kier alpha value is -1.51. The number of nitrogens with zero attached hydrogens (tertiary/aromatic N) is 1. The van der Waals surface area contributed by atoms with Crippen LogP contribution in [0.2, 0.25) is 0 Å². The SMILES string of the molecule is CCC1=NC(=O)Cc2cc(F)ccc21. The fourth-order valence-electron chi connectivity index (χ4n) is 1.67. The molecule has 0 radical (unpaired) electrons. The number of amides is 1. The molecule has 1 amide bonds. The van der Waals surface area contributed by atoms with Crippen molar-refractivity contribution in [3.05, 3.63) is 35.1 Å². The second-order valence-corrected chi connectivity index (χ2v) is 3.28. The van der Waals surface area contributed by atoms with Crippen LogP contribution in [0.1, 0.15) is 24.5 Å². The first kappa shape index (κ1) is 9.06. The first-order valence-corrected chi connectivity index (χ1v) is 4.60. The molecule has 0 N–H and O–H groups in total. The van der Waals surface area contributed by atoms with Crippen LogP contribution in [0.15, 0.2) is 23.2 Å². The molecule has 0 unspecified atom stereocenters. The van der Waals surface area contributed by atoms with Crippen LogP contribution in [-0.4, -0.2) is 11.6 Å². The summed E-state index contributed by atoms with van der Waals surface area (Å²) in [5, 5.41) is 0. The fourth-order valence-corrected chi connectivity index (χ4v) is 1.67. The molecule has 1 aliphatic rings. The van der Waals surface area contributed by atoms with Gasteiger partial charge in [0.05, 0.1) is 12.1 Å². The van der Waals surface area contributed by atoms with E-state index in [0.29, 0.717) is 6.42 Å².